The Morgan fingerprint density at radius 1 is 1.46 bits per heavy atom. The van der Waals surface area contributed by atoms with Gasteiger partial charge in [0.15, 0.2) is 0 Å². The summed E-state index contributed by atoms with van der Waals surface area (Å²) < 4.78 is 22.8. The van der Waals surface area contributed by atoms with Gasteiger partial charge in [-0.2, -0.15) is 0 Å². The van der Waals surface area contributed by atoms with Gasteiger partial charge < -0.3 is 0 Å². The van der Waals surface area contributed by atoms with Gasteiger partial charge in [0, 0.05) is 0 Å². The van der Waals surface area contributed by atoms with Gasteiger partial charge in [-0.3, -0.25) is 0 Å². The van der Waals surface area contributed by atoms with E-state index in [0.29, 0.717) is 5.56 Å². The van der Waals surface area contributed by atoms with E-state index in [9.17, 15) is 19.3 Å². The monoisotopic (exact) mass is 390 g/mol. The molecule has 2 aliphatic heterocycles. The Labute approximate surface area is 149 Å². The molecule has 0 unspecified atom stereocenters. The Hall–Kier alpha value is -1.58. The molecule has 2 saturated heterocycles. The van der Waals surface area contributed by atoms with Gasteiger partial charge >= 0.3 is 149 Å². The zero-order valence-corrected chi connectivity index (χ0v) is 15.8. The molecule has 1 aromatic rings. The van der Waals surface area contributed by atoms with Crippen molar-refractivity contribution >= 4 is 14.1 Å². The average molecular weight is 390 g/mol. The molecule has 3 atom stereocenters. The molecule has 0 spiro atoms. The fourth-order valence-corrected chi connectivity index (χ4v) is 4.48. The van der Waals surface area contributed by atoms with Gasteiger partial charge in [-0.15, -0.1) is 0 Å². The van der Waals surface area contributed by atoms with Gasteiger partial charge in [-0.1, -0.05) is 0 Å². The number of hydrogen-bond donors (Lipinski definition) is 2. The van der Waals surface area contributed by atoms with Crippen molar-refractivity contribution in [3.8, 4) is 0 Å². The molecule has 2 fully saturated rings. The summed E-state index contributed by atoms with van der Waals surface area (Å²) in [6.45, 7) is 5.27. The summed E-state index contributed by atoms with van der Waals surface area (Å²) in [6.07, 6.45) is 0.0140. The van der Waals surface area contributed by atoms with Gasteiger partial charge in [-0.25, -0.2) is 0 Å². The second kappa shape index (κ2) is 7.21. The first-order valence-corrected chi connectivity index (χ1v) is 10.1. The molecule has 0 aliphatic carbocycles. The van der Waals surface area contributed by atoms with Crippen LogP contribution in [0.25, 0.3) is 0 Å². The van der Waals surface area contributed by atoms with Crippen molar-refractivity contribution in [3.05, 3.63) is 32.6 Å². The molecular weight excluding hydrogens is 367 g/mol. The summed E-state index contributed by atoms with van der Waals surface area (Å²) in [5.74, 6) is -0.512. The number of nitrogens with one attached hydrogen (secondary N) is 1. The maximum absolute atomic E-state index is 12.0. The summed E-state index contributed by atoms with van der Waals surface area (Å²) >= 11 is 0. The van der Waals surface area contributed by atoms with Crippen molar-refractivity contribution < 1.29 is 28.0 Å². The molecular formula is C15H23N2O8P. The first-order valence-electron chi connectivity index (χ1n) is 8.40. The molecule has 11 heteroatoms. The van der Waals surface area contributed by atoms with Crippen LogP contribution in [0.3, 0.4) is 0 Å². The zero-order chi connectivity index (χ0) is 19.1. The summed E-state index contributed by atoms with van der Waals surface area (Å²) in [7, 11) is -4.09. The van der Waals surface area contributed by atoms with E-state index in [1.165, 1.54) is 10.8 Å². The van der Waals surface area contributed by atoms with Crippen LogP contribution in [-0.2, 0) is 23.1 Å². The summed E-state index contributed by atoms with van der Waals surface area (Å²) in [5.41, 5.74) is -0.685. The molecule has 3 heterocycles. The van der Waals surface area contributed by atoms with Gasteiger partial charge in [-0.05, 0) is 0 Å². The van der Waals surface area contributed by atoms with Crippen molar-refractivity contribution in [2.75, 3.05) is 6.61 Å². The number of hydrogen-bond acceptors (Lipinski definition) is 8. The van der Waals surface area contributed by atoms with Crippen molar-refractivity contribution in [2.45, 2.75) is 52.0 Å². The molecule has 2 N–H and O–H groups in total. The van der Waals surface area contributed by atoms with Crippen LogP contribution in [0.15, 0.2) is 15.8 Å². The Kier molecular flexibility index (Phi) is 5.32. The first kappa shape index (κ1) is 19.2. The third-order valence-electron chi connectivity index (χ3n) is 4.18. The number of carbonyl (C=O) groups is 1. The van der Waals surface area contributed by atoms with Crippen LogP contribution < -0.4 is 11.2 Å². The predicted molar refractivity (Wildman–Crippen MR) is 91.5 cm³/mol. The number of fused-ring (bicyclic) bond motifs is 1. The fraction of sp³-hybridized carbons (Fsp3) is 0.667. The first-order chi connectivity index (χ1) is 12.2. The number of H-pyrrole nitrogens is 1. The van der Waals surface area contributed by atoms with Crippen molar-refractivity contribution in [1.82, 2.24) is 9.55 Å². The van der Waals surface area contributed by atoms with Crippen LogP contribution in [0, 0.1) is 12.8 Å². The van der Waals surface area contributed by atoms with Crippen LogP contribution in [0.2, 0.25) is 0 Å². The molecule has 0 radical (unpaired) electrons. The molecule has 146 valence electrons. The quantitative estimate of drug-likeness (QED) is 0.713. The van der Waals surface area contributed by atoms with Crippen molar-refractivity contribution in [1.29, 1.82) is 0 Å². The Morgan fingerprint density at radius 2 is 2.19 bits per heavy atom. The molecule has 3 rings (SSSR count). The number of nitrogens with zero attached hydrogens (tertiary/aromatic N) is 1. The van der Waals surface area contributed by atoms with E-state index < -0.39 is 43.8 Å². The molecule has 10 nitrogen and oxygen atoms in total. The molecule has 0 bridgehead atoms. The number of aryl methyl sites for hydroxylation is 1. The molecule has 0 saturated carbocycles. The van der Waals surface area contributed by atoms with E-state index in [2.05, 4.69) is 4.98 Å². The molecule has 1 aromatic heterocycles. The van der Waals surface area contributed by atoms with E-state index in [4.69, 9.17) is 18.3 Å². The third-order valence-corrected chi connectivity index (χ3v) is 5.80. The van der Waals surface area contributed by atoms with Crippen LogP contribution in [0.1, 0.15) is 38.5 Å². The molecule has 2 aliphatic rings. The Bertz CT molecular complexity index is 806. The fourth-order valence-electron chi connectivity index (χ4n) is 2.93. The van der Waals surface area contributed by atoms with Crippen LogP contribution in [0.4, 0.5) is 0 Å². The van der Waals surface area contributed by atoms with Crippen LogP contribution in [0.5, 0.6) is 0 Å². The predicted octanol–water partition coefficient (Wildman–Crippen LogP) is 0.539. The summed E-state index contributed by atoms with van der Waals surface area (Å²) in [4.78, 5) is 47.9. The van der Waals surface area contributed by atoms with Crippen LogP contribution >= 0.6 is 8.17 Å². The third kappa shape index (κ3) is 4.05. The minimum absolute atomic E-state index is 0.0179. The molecule has 26 heavy (non-hydrogen) atoms. The second-order valence-electron chi connectivity index (χ2n) is 6.91. The SMILES string of the molecule is Cc1cn([C@@H]2C[C@H]3O[PH](O)(OC(=O)CC(C)C)OC[C@@H]3O2)c(=O)[nH]c1=O. The van der Waals surface area contributed by atoms with Gasteiger partial charge in [0.1, 0.15) is 0 Å². The number of rotatable bonds is 4. The van der Waals surface area contributed by atoms with Crippen LogP contribution in [-0.4, -0.2) is 39.2 Å². The summed E-state index contributed by atoms with van der Waals surface area (Å²) in [6, 6.07) is 0. The van der Waals surface area contributed by atoms with Gasteiger partial charge in [0.2, 0.25) is 0 Å². The van der Waals surface area contributed by atoms with E-state index in [1.807, 2.05) is 13.8 Å². The van der Waals surface area contributed by atoms with E-state index in [0.717, 1.165) is 0 Å². The standard InChI is InChI=1S/C15H23N2O8P/c1-8(2)4-13(18)25-26(21)22-7-11-10(24-26)5-12(23-11)17-6-9(3)14(19)16-15(17)20/h6,8,10-12,21,26H,4-5,7H2,1-3H3,(H,16,19,20)/t10-,11+,12+/m1/s1. The zero-order valence-electron chi connectivity index (χ0n) is 14.8. The normalized spacial score (nSPS) is 28.6. The Balaban J connectivity index is 1.70. The van der Waals surface area contributed by atoms with E-state index in [-0.39, 0.29) is 25.4 Å². The van der Waals surface area contributed by atoms with Gasteiger partial charge in [0.25, 0.3) is 0 Å². The maximum atomic E-state index is 12.0. The Morgan fingerprint density at radius 3 is 2.88 bits per heavy atom. The number of carbonyl (C=O) groups excluding carboxylic acids is 1. The molecule has 0 amide bonds. The van der Waals surface area contributed by atoms with Crippen molar-refractivity contribution in [2.24, 2.45) is 5.92 Å². The number of ether oxygens (including phenoxy) is 1. The van der Waals surface area contributed by atoms with Crippen molar-refractivity contribution in [3.63, 3.8) is 0 Å². The van der Waals surface area contributed by atoms with E-state index in [1.54, 1.807) is 6.92 Å². The van der Waals surface area contributed by atoms with E-state index >= 15 is 0 Å². The number of aromatic nitrogens is 2. The van der Waals surface area contributed by atoms with Gasteiger partial charge in [0.05, 0.1) is 0 Å². The minimum atomic E-state index is -4.09. The second-order valence-corrected chi connectivity index (χ2v) is 8.68. The molecule has 0 aromatic carbocycles. The average Bonchev–Trinajstić information content (AvgIpc) is 2.91. The number of aromatic amines is 1. The topological polar surface area (TPSA) is 129 Å². The summed E-state index contributed by atoms with van der Waals surface area (Å²) in [5, 5.41) is 0.